The molecule has 1 amide bonds. The summed E-state index contributed by atoms with van der Waals surface area (Å²) in [6, 6.07) is 12.2. The molecule has 0 saturated heterocycles. The number of amides is 1. The Morgan fingerprint density at radius 2 is 2.11 bits per heavy atom. The maximum atomic E-state index is 11.5. The van der Waals surface area contributed by atoms with E-state index in [4.69, 9.17) is 10.5 Å². The van der Waals surface area contributed by atoms with Crippen molar-refractivity contribution in [2.24, 2.45) is 15.8 Å². The van der Waals surface area contributed by atoms with Crippen molar-refractivity contribution in [3.05, 3.63) is 63.8 Å². The average molecular weight is 382 g/mol. The lowest BCUT2D eigenvalue weighted by Crippen LogP contribution is -2.13. The van der Waals surface area contributed by atoms with E-state index in [2.05, 4.69) is 10.1 Å². The lowest BCUT2D eigenvalue weighted by atomic mass is 10.1. The van der Waals surface area contributed by atoms with Gasteiger partial charge in [0, 0.05) is 18.0 Å². The van der Waals surface area contributed by atoms with E-state index in [-0.39, 0.29) is 11.3 Å². The molecule has 138 valence electrons. The molecule has 0 aliphatic heterocycles. The van der Waals surface area contributed by atoms with Crippen molar-refractivity contribution < 1.29 is 14.6 Å². The third-order valence-corrected chi connectivity index (χ3v) is 4.76. The molecule has 3 rings (SSSR count). The molecule has 27 heavy (non-hydrogen) atoms. The van der Waals surface area contributed by atoms with Crippen molar-refractivity contribution >= 4 is 23.5 Å². The van der Waals surface area contributed by atoms with Crippen molar-refractivity contribution in [3.8, 4) is 22.8 Å². The fourth-order valence-electron chi connectivity index (χ4n) is 2.50. The highest BCUT2D eigenvalue weighted by Gasteiger charge is 2.13. The maximum Gasteiger partial charge on any atom is 0.252 e. The summed E-state index contributed by atoms with van der Waals surface area (Å²) in [6.45, 7) is 0. The van der Waals surface area contributed by atoms with Crippen LogP contribution in [-0.2, 0) is 0 Å². The first kappa shape index (κ1) is 18.4. The van der Waals surface area contributed by atoms with E-state index in [0.717, 1.165) is 17.0 Å². The summed E-state index contributed by atoms with van der Waals surface area (Å²) in [4.78, 5) is 16.4. The summed E-state index contributed by atoms with van der Waals surface area (Å²) in [5, 5.41) is 16.2. The second-order valence-corrected chi connectivity index (χ2v) is 6.39. The van der Waals surface area contributed by atoms with Gasteiger partial charge in [0.25, 0.3) is 5.91 Å². The van der Waals surface area contributed by atoms with E-state index >= 15 is 0 Å². The van der Waals surface area contributed by atoms with Gasteiger partial charge in [-0.25, -0.2) is 4.68 Å². The van der Waals surface area contributed by atoms with Gasteiger partial charge in [0.05, 0.1) is 24.6 Å². The summed E-state index contributed by atoms with van der Waals surface area (Å²) < 4.78 is 6.89. The van der Waals surface area contributed by atoms with Crippen LogP contribution in [0.4, 0.5) is 0 Å². The van der Waals surface area contributed by atoms with Crippen molar-refractivity contribution in [2.45, 2.75) is 0 Å². The number of rotatable bonds is 5. The number of thiazole rings is 1. The van der Waals surface area contributed by atoms with Crippen LogP contribution in [0.25, 0.3) is 11.3 Å². The first-order chi connectivity index (χ1) is 13.0. The van der Waals surface area contributed by atoms with Crippen LogP contribution in [0, 0.1) is 0 Å². The molecule has 0 saturated carbocycles. The van der Waals surface area contributed by atoms with Crippen molar-refractivity contribution in [2.75, 3.05) is 14.2 Å². The molecular weight excluding hydrogens is 364 g/mol. The zero-order valence-corrected chi connectivity index (χ0v) is 15.6. The Morgan fingerprint density at radius 1 is 1.30 bits per heavy atom. The zero-order valence-electron chi connectivity index (χ0n) is 14.8. The second kappa shape index (κ2) is 7.88. The maximum absolute atomic E-state index is 11.5. The molecule has 3 aromatic rings. The fourth-order valence-corrected chi connectivity index (χ4v) is 3.30. The van der Waals surface area contributed by atoms with Crippen molar-refractivity contribution in [3.63, 3.8) is 0 Å². The third-order valence-electron chi connectivity index (χ3n) is 3.85. The lowest BCUT2D eigenvalue weighted by molar-refractivity contribution is 0.0998. The first-order valence-electron chi connectivity index (χ1n) is 7.98. The molecular formula is C19H18N4O3S. The summed E-state index contributed by atoms with van der Waals surface area (Å²) >= 11 is 1.41. The zero-order chi connectivity index (χ0) is 19.4. The number of hydrogen-bond donors (Lipinski definition) is 2. The Bertz CT molecular complexity index is 1080. The number of primary amides is 1. The normalized spacial score (nSPS) is 11.9. The van der Waals surface area contributed by atoms with Gasteiger partial charge >= 0.3 is 0 Å². The van der Waals surface area contributed by atoms with Gasteiger partial charge in [-0.15, -0.1) is 11.3 Å². The number of aromatic hydroxyl groups is 1. The minimum absolute atomic E-state index is 0.0528. The summed E-state index contributed by atoms with van der Waals surface area (Å²) in [7, 11) is 3.29. The van der Waals surface area contributed by atoms with Crippen LogP contribution in [0.3, 0.4) is 0 Å². The molecule has 0 bridgehead atoms. The van der Waals surface area contributed by atoms with Gasteiger partial charge in [-0.1, -0.05) is 12.1 Å². The molecule has 3 N–H and O–H groups in total. The Labute approximate surface area is 159 Å². The largest absolute Gasteiger partial charge is 0.507 e. The van der Waals surface area contributed by atoms with Gasteiger partial charge in [-0.3, -0.25) is 9.79 Å². The van der Waals surface area contributed by atoms with Crippen molar-refractivity contribution in [1.29, 1.82) is 0 Å². The first-order valence-corrected chi connectivity index (χ1v) is 8.86. The molecule has 1 aromatic heterocycles. The van der Waals surface area contributed by atoms with Gasteiger partial charge in [0.2, 0.25) is 4.80 Å². The highest BCUT2D eigenvalue weighted by Crippen LogP contribution is 2.26. The number of phenols is 1. The van der Waals surface area contributed by atoms with E-state index in [1.807, 2.05) is 29.6 Å². The number of nitrogens with zero attached hydrogens (tertiary/aromatic N) is 3. The molecule has 0 atom stereocenters. The summed E-state index contributed by atoms with van der Waals surface area (Å²) in [5.41, 5.74) is 7.66. The predicted octanol–water partition coefficient (Wildman–Crippen LogP) is 2.44. The number of hydrogen-bond acceptors (Lipinski definition) is 6. The van der Waals surface area contributed by atoms with Gasteiger partial charge in [-0.05, 0) is 35.9 Å². The molecule has 0 radical (unpaired) electrons. The van der Waals surface area contributed by atoms with Crippen LogP contribution in [0.1, 0.15) is 15.9 Å². The number of aromatic nitrogens is 1. The second-order valence-electron chi connectivity index (χ2n) is 5.56. The van der Waals surface area contributed by atoms with E-state index < -0.39 is 5.91 Å². The molecule has 0 spiro atoms. The fraction of sp³-hybridized carbons (Fsp3) is 0.105. The van der Waals surface area contributed by atoms with Gasteiger partial charge in [-0.2, -0.15) is 5.10 Å². The number of methoxy groups -OCH3 is 1. The quantitative estimate of drug-likeness (QED) is 0.663. The molecule has 0 unspecified atom stereocenters. The predicted molar refractivity (Wildman–Crippen MR) is 105 cm³/mol. The van der Waals surface area contributed by atoms with E-state index in [0.29, 0.717) is 10.4 Å². The Morgan fingerprint density at radius 3 is 2.81 bits per heavy atom. The lowest BCUT2D eigenvalue weighted by Gasteiger charge is -2.06. The summed E-state index contributed by atoms with van der Waals surface area (Å²) in [5.74, 6) is -0.121. The molecule has 2 aromatic carbocycles. The molecule has 0 aliphatic carbocycles. The smallest absolute Gasteiger partial charge is 0.252 e. The monoisotopic (exact) mass is 382 g/mol. The van der Waals surface area contributed by atoms with Gasteiger partial charge in [0.1, 0.15) is 11.5 Å². The number of benzene rings is 2. The molecule has 1 heterocycles. The van der Waals surface area contributed by atoms with E-state index in [1.165, 1.54) is 23.5 Å². The molecule has 0 fully saturated rings. The Balaban J connectivity index is 2.07. The van der Waals surface area contributed by atoms with Crippen LogP contribution in [0.2, 0.25) is 0 Å². The molecule has 0 aliphatic rings. The van der Waals surface area contributed by atoms with E-state index in [9.17, 15) is 9.90 Å². The van der Waals surface area contributed by atoms with Crippen LogP contribution >= 0.6 is 11.3 Å². The van der Waals surface area contributed by atoms with Crippen LogP contribution in [0.5, 0.6) is 11.5 Å². The molecule has 8 heteroatoms. The Kier molecular flexibility index (Phi) is 5.37. The number of carbonyl (C=O) groups is 1. The molecule has 7 nitrogen and oxygen atoms in total. The number of carbonyl (C=O) groups excluding carboxylic acids is 1. The SMILES string of the molecule is CN=c1scc(-c2ccc(O)c(C(N)=O)c2)n1N=Cc1cccc(OC)c1. The van der Waals surface area contributed by atoms with Gasteiger partial charge in [0.15, 0.2) is 0 Å². The minimum Gasteiger partial charge on any atom is -0.507 e. The third kappa shape index (κ3) is 3.90. The van der Waals surface area contributed by atoms with Crippen LogP contribution in [-0.4, -0.2) is 36.1 Å². The highest BCUT2D eigenvalue weighted by molar-refractivity contribution is 7.07. The van der Waals surface area contributed by atoms with Crippen LogP contribution < -0.4 is 15.3 Å². The Hall–Kier alpha value is -3.39. The van der Waals surface area contributed by atoms with E-state index in [1.54, 1.807) is 31.1 Å². The van der Waals surface area contributed by atoms with Gasteiger partial charge < -0.3 is 15.6 Å². The van der Waals surface area contributed by atoms with Crippen molar-refractivity contribution in [1.82, 2.24) is 4.68 Å². The highest BCUT2D eigenvalue weighted by atomic mass is 32.1. The summed E-state index contributed by atoms with van der Waals surface area (Å²) in [6.07, 6.45) is 1.70. The average Bonchev–Trinajstić information content (AvgIpc) is 3.09. The number of nitrogens with two attached hydrogens (primary N) is 1. The minimum atomic E-state index is -0.698. The van der Waals surface area contributed by atoms with Crippen LogP contribution in [0.15, 0.2) is 57.9 Å². The standard InChI is InChI=1S/C19H18N4O3S/c1-21-19-23(22-10-12-4-3-5-14(8-12)26-2)16(11-27-19)13-6-7-17(24)15(9-13)18(20)25/h3-11,24H,1-2H3,(H2,20,25). The number of ether oxygens (including phenoxy) is 1. The topological polar surface area (TPSA) is 102 Å².